The van der Waals surface area contributed by atoms with Crippen LogP contribution >= 0.6 is 0 Å². The predicted molar refractivity (Wildman–Crippen MR) is 88.8 cm³/mol. The van der Waals surface area contributed by atoms with E-state index in [4.69, 9.17) is 0 Å². The van der Waals surface area contributed by atoms with Gasteiger partial charge in [-0.2, -0.15) is 5.10 Å². The molecule has 2 N–H and O–H groups in total. The van der Waals surface area contributed by atoms with Crippen molar-refractivity contribution in [2.24, 2.45) is 12.1 Å². The number of rotatable bonds is 5. The quantitative estimate of drug-likeness (QED) is 0.499. The highest BCUT2D eigenvalue weighted by molar-refractivity contribution is 5.94. The fourth-order valence-electron chi connectivity index (χ4n) is 1.99. The summed E-state index contributed by atoms with van der Waals surface area (Å²) in [4.78, 5) is 23.2. The van der Waals surface area contributed by atoms with Crippen LogP contribution in [0.3, 0.4) is 0 Å². The van der Waals surface area contributed by atoms with E-state index in [1.807, 2.05) is 0 Å². The lowest BCUT2D eigenvalue weighted by molar-refractivity contribution is 0.0954. The molecule has 1 aromatic heterocycles. The van der Waals surface area contributed by atoms with Gasteiger partial charge in [0.15, 0.2) is 0 Å². The van der Waals surface area contributed by atoms with Crippen LogP contribution in [0, 0.1) is 0 Å². The number of aryl methyl sites for hydroxylation is 1. The number of pyridine rings is 1. The van der Waals surface area contributed by atoms with Crippen LogP contribution in [0.5, 0.6) is 5.75 Å². The predicted octanol–water partition coefficient (Wildman–Crippen LogP) is 1.58. The molecule has 2 aromatic rings. The van der Waals surface area contributed by atoms with E-state index in [9.17, 15) is 14.7 Å². The van der Waals surface area contributed by atoms with Crippen molar-refractivity contribution >= 4 is 12.1 Å². The SMILES string of the molecule is C=CCc1cccc(/C=N/NC(=O)c2ccc(=O)n(C)c2)c1O. The van der Waals surface area contributed by atoms with Crippen LogP contribution in [0.15, 0.2) is 59.1 Å². The minimum absolute atomic E-state index is 0.104. The molecule has 0 radical (unpaired) electrons. The Morgan fingerprint density at radius 1 is 1.39 bits per heavy atom. The summed E-state index contributed by atoms with van der Waals surface area (Å²) in [5, 5.41) is 13.9. The molecular weight excluding hydrogens is 294 g/mol. The maximum atomic E-state index is 11.9. The van der Waals surface area contributed by atoms with Crippen LogP contribution in [0.1, 0.15) is 21.5 Å². The second-order valence-corrected chi connectivity index (χ2v) is 4.91. The van der Waals surface area contributed by atoms with E-state index in [0.29, 0.717) is 17.5 Å². The highest BCUT2D eigenvalue weighted by Gasteiger charge is 2.06. The average molecular weight is 311 g/mol. The van der Waals surface area contributed by atoms with Crippen molar-refractivity contribution in [3.8, 4) is 5.75 Å². The number of hydrogen-bond donors (Lipinski definition) is 2. The molecule has 0 saturated heterocycles. The average Bonchev–Trinajstić information content (AvgIpc) is 2.53. The Kier molecular flexibility index (Phi) is 5.09. The van der Waals surface area contributed by atoms with E-state index >= 15 is 0 Å². The third kappa shape index (κ3) is 3.94. The maximum Gasteiger partial charge on any atom is 0.272 e. The van der Waals surface area contributed by atoms with Crippen molar-refractivity contribution in [2.45, 2.75) is 6.42 Å². The molecule has 0 aliphatic rings. The zero-order valence-corrected chi connectivity index (χ0v) is 12.7. The molecule has 23 heavy (non-hydrogen) atoms. The number of hydrazone groups is 1. The highest BCUT2D eigenvalue weighted by atomic mass is 16.3. The second-order valence-electron chi connectivity index (χ2n) is 4.91. The molecule has 2 rings (SSSR count). The van der Waals surface area contributed by atoms with E-state index < -0.39 is 5.91 Å². The fraction of sp³-hybridized carbons (Fsp3) is 0.118. The van der Waals surface area contributed by atoms with Gasteiger partial charge in [0.2, 0.25) is 5.56 Å². The summed E-state index contributed by atoms with van der Waals surface area (Å²) in [6, 6.07) is 7.99. The van der Waals surface area contributed by atoms with Crippen molar-refractivity contribution in [3.63, 3.8) is 0 Å². The lowest BCUT2D eigenvalue weighted by Crippen LogP contribution is -2.22. The molecule has 0 bridgehead atoms. The maximum absolute atomic E-state index is 11.9. The summed E-state index contributed by atoms with van der Waals surface area (Å²) in [6.45, 7) is 3.63. The zero-order chi connectivity index (χ0) is 16.8. The number of phenolic OH excluding ortho intramolecular Hbond substituents is 1. The Morgan fingerprint density at radius 2 is 2.17 bits per heavy atom. The largest absolute Gasteiger partial charge is 0.507 e. The highest BCUT2D eigenvalue weighted by Crippen LogP contribution is 2.21. The summed E-state index contributed by atoms with van der Waals surface area (Å²) >= 11 is 0. The number of aromatic hydroxyl groups is 1. The molecule has 0 fully saturated rings. The number of carbonyl (C=O) groups is 1. The lowest BCUT2D eigenvalue weighted by Gasteiger charge is -2.05. The van der Waals surface area contributed by atoms with Crippen LogP contribution in [0.25, 0.3) is 0 Å². The van der Waals surface area contributed by atoms with Gasteiger partial charge in [-0.3, -0.25) is 9.59 Å². The molecule has 6 nitrogen and oxygen atoms in total. The van der Waals surface area contributed by atoms with Gasteiger partial charge in [0, 0.05) is 24.9 Å². The smallest absolute Gasteiger partial charge is 0.272 e. The molecule has 0 aliphatic carbocycles. The monoisotopic (exact) mass is 311 g/mol. The Balaban J connectivity index is 2.11. The van der Waals surface area contributed by atoms with Gasteiger partial charge in [0.25, 0.3) is 5.91 Å². The van der Waals surface area contributed by atoms with E-state index in [1.165, 1.54) is 29.1 Å². The molecule has 1 heterocycles. The number of nitrogens with one attached hydrogen (secondary N) is 1. The zero-order valence-electron chi connectivity index (χ0n) is 12.7. The molecular formula is C17H17N3O3. The van der Waals surface area contributed by atoms with Gasteiger partial charge in [0.1, 0.15) is 5.75 Å². The first-order chi connectivity index (χ1) is 11.0. The van der Waals surface area contributed by atoms with Crippen LogP contribution in [0.2, 0.25) is 0 Å². The first-order valence-electron chi connectivity index (χ1n) is 6.94. The Hall–Kier alpha value is -3.15. The number of hydrogen-bond acceptors (Lipinski definition) is 4. The molecule has 1 amide bonds. The van der Waals surface area contributed by atoms with Gasteiger partial charge in [0.05, 0.1) is 11.8 Å². The standard InChI is InChI=1S/C17H17N3O3/c1-3-5-12-6-4-7-13(16(12)22)10-18-19-17(23)14-8-9-15(21)20(2)11-14/h3-4,6-11,22H,1,5H2,2H3,(H,19,23)/b18-10+. The van der Waals surface area contributed by atoms with Crippen molar-refractivity contribution in [2.75, 3.05) is 0 Å². The van der Waals surface area contributed by atoms with Crippen molar-refractivity contribution in [1.82, 2.24) is 9.99 Å². The van der Waals surface area contributed by atoms with E-state index in [0.717, 1.165) is 5.56 Å². The Bertz CT molecular complexity index is 822. The first kappa shape index (κ1) is 16.2. The minimum atomic E-state index is -0.446. The topological polar surface area (TPSA) is 83.7 Å². The molecule has 0 saturated carbocycles. The molecule has 0 atom stereocenters. The van der Waals surface area contributed by atoms with Gasteiger partial charge in [-0.25, -0.2) is 5.43 Å². The second kappa shape index (κ2) is 7.22. The summed E-state index contributed by atoms with van der Waals surface area (Å²) < 4.78 is 1.31. The van der Waals surface area contributed by atoms with Gasteiger partial charge in [-0.1, -0.05) is 18.2 Å². The van der Waals surface area contributed by atoms with Crippen LogP contribution in [-0.2, 0) is 13.5 Å². The molecule has 0 spiro atoms. The Labute approximate surface area is 133 Å². The fourth-order valence-corrected chi connectivity index (χ4v) is 1.99. The summed E-state index contributed by atoms with van der Waals surface area (Å²) in [5.41, 5.74) is 3.69. The number of allylic oxidation sites excluding steroid dienone is 1. The van der Waals surface area contributed by atoms with E-state index in [1.54, 1.807) is 31.3 Å². The van der Waals surface area contributed by atoms with Gasteiger partial charge >= 0.3 is 0 Å². The third-order valence-corrected chi connectivity index (χ3v) is 3.23. The van der Waals surface area contributed by atoms with Crippen LogP contribution < -0.4 is 11.0 Å². The summed E-state index contributed by atoms with van der Waals surface area (Å²) in [7, 11) is 1.56. The third-order valence-electron chi connectivity index (χ3n) is 3.23. The summed E-state index contributed by atoms with van der Waals surface area (Å²) in [5.74, 6) is -0.342. The minimum Gasteiger partial charge on any atom is -0.507 e. The van der Waals surface area contributed by atoms with Crippen LogP contribution in [0.4, 0.5) is 0 Å². The number of aromatic nitrogens is 1. The van der Waals surface area contributed by atoms with Gasteiger partial charge < -0.3 is 9.67 Å². The molecule has 1 aromatic carbocycles. The lowest BCUT2D eigenvalue weighted by atomic mass is 10.1. The number of carbonyl (C=O) groups excluding carboxylic acids is 1. The number of para-hydroxylation sites is 1. The normalized spacial score (nSPS) is 10.7. The van der Waals surface area contributed by atoms with E-state index in [-0.39, 0.29) is 11.3 Å². The van der Waals surface area contributed by atoms with E-state index in [2.05, 4.69) is 17.1 Å². The molecule has 0 unspecified atom stereocenters. The molecule has 6 heteroatoms. The van der Waals surface area contributed by atoms with Crippen molar-refractivity contribution in [3.05, 3.63) is 76.2 Å². The number of nitrogens with zero attached hydrogens (tertiary/aromatic N) is 2. The molecule has 118 valence electrons. The Morgan fingerprint density at radius 3 is 2.87 bits per heavy atom. The number of benzene rings is 1. The van der Waals surface area contributed by atoms with Gasteiger partial charge in [-0.15, -0.1) is 6.58 Å². The summed E-state index contributed by atoms with van der Waals surface area (Å²) in [6.07, 6.45) is 5.02. The van der Waals surface area contributed by atoms with Crippen LogP contribution in [-0.4, -0.2) is 21.8 Å². The van der Waals surface area contributed by atoms with Crippen molar-refractivity contribution in [1.29, 1.82) is 0 Å². The number of amides is 1. The first-order valence-corrected chi connectivity index (χ1v) is 6.94. The van der Waals surface area contributed by atoms with Gasteiger partial charge in [-0.05, 0) is 24.1 Å². The molecule has 0 aliphatic heterocycles. The van der Waals surface area contributed by atoms with Crippen molar-refractivity contribution < 1.29 is 9.90 Å². The number of phenols is 1.